The number of aliphatic hydroxyl groups excluding tert-OH is 1. The first-order valence-corrected chi connectivity index (χ1v) is 7.87. The summed E-state index contributed by atoms with van der Waals surface area (Å²) in [6, 6.07) is -0.172. The van der Waals surface area contributed by atoms with Crippen molar-refractivity contribution in [3.8, 4) is 0 Å². The molecule has 0 aliphatic heterocycles. The maximum Gasteiger partial charge on any atom is 0.321 e. The van der Waals surface area contributed by atoms with Crippen LogP contribution in [0, 0.1) is 0 Å². The normalized spacial score (nSPS) is 11.3. The summed E-state index contributed by atoms with van der Waals surface area (Å²) in [5.74, 6) is 0.744. The summed E-state index contributed by atoms with van der Waals surface area (Å²) in [5, 5.41) is 11.8. The number of nitrogens with zero attached hydrogens (tertiary/aromatic N) is 3. The van der Waals surface area contributed by atoms with Crippen LogP contribution in [0.4, 0.5) is 10.5 Å². The fourth-order valence-electron chi connectivity index (χ4n) is 1.91. The number of carbonyl (C=O) groups excluding carboxylic acids is 1. The van der Waals surface area contributed by atoms with Crippen molar-refractivity contribution in [3.05, 3.63) is 18.2 Å². The van der Waals surface area contributed by atoms with Crippen molar-refractivity contribution in [1.29, 1.82) is 0 Å². The first-order valence-electron chi connectivity index (χ1n) is 7.87. The highest BCUT2D eigenvalue weighted by Gasteiger charge is 2.17. The largest absolute Gasteiger partial charge is 0.396 e. The lowest BCUT2D eigenvalue weighted by Crippen LogP contribution is -2.37. The second kappa shape index (κ2) is 8.68. The molecule has 0 aromatic carbocycles. The Hall–Kier alpha value is -1.69. The average Bonchev–Trinajstić information content (AvgIpc) is 2.47. The predicted molar refractivity (Wildman–Crippen MR) is 87.9 cm³/mol. The minimum Gasteiger partial charge on any atom is -0.396 e. The highest BCUT2D eigenvalue weighted by Crippen LogP contribution is 2.18. The topological polar surface area (TPSA) is 78.4 Å². The van der Waals surface area contributed by atoms with E-state index >= 15 is 0 Å². The van der Waals surface area contributed by atoms with E-state index in [1.165, 1.54) is 0 Å². The summed E-state index contributed by atoms with van der Waals surface area (Å²) in [6.45, 7) is 9.53. The SMILES string of the molecule is CCCCN(CCCO)C(=O)Nc1cnc(C(C)(C)C)nc1. The van der Waals surface area contributed by atoms with E-state index in [0.29, 0.717) is 25.2 Å². The van der Waals surface area contributed by atoms with Gasteiger partial charge in [-0.25, -0.2) is 14.8 Å². The molecule has 0 aliphatic rings. The summed E-state index contributed by atoms with van der Waals surface area (Å²) in [6.07, 6.45) is 5.81. The first kappa shape index (κ1) is 18.4. The minimum absolute atomic E-state index is 0.0826. The molecule has 2 amide bonds. The molecule has 1 rings (SSSR count). The zero-order chi connectivity index (χ0) is 16.6. The quantitative estimate of drug-likeness (QED) is 0.812. The molecule has 6 nitrogen and oxygen atoms in total. The highest BCUT2D eigenvalue weighted by molar-refractivity contribution is 5.88. The summed E-state index contributed by atoms with van der Waals surface area (Å²) in [7, 11) is 0. The molecule has 1 aromatic rings. The number of unbranched alkanes of at least 4 members (excludes halogenated alkanes) is 1. The number of hydrogen-bond acceptors (Lipinski definition) is 4. The Morgan fingerprint density at radius 1 is 1.23 bits per heavy atom. The van der Waals surface area contributed by atoms with Crippen molar-refractivity contribution in [2.75, 3.05) is 25.0 Å². The van der Waals surface area contributed by atoms with Crippen LogP contribution in [0.25, 0.3) is 0 Å². The van der Waals surface area contributed by atoms with Gasteiger partial charge in [-0.1, -0.05) is 34.1 Å². The van der Waals surface area contributed by atoms with Crippen LogP contribution in [0.1, 0.15) is 52.8 Å². The van der Waals surface area contributed by atoms with Crippen LogP contribution >= 0.6 is 0 Å². The molecule has 0 bridgehead atoms. The van der Waals surface area contributed by atoms with Crippen molar-refractivity contribution in [3.63, 3.8) is 0 Å². The minimum atomic E-state index is -0.172. The van der Waals surface area contributed by atoms with Crippen LogP contribution in [-0.2, 0) is 5.41 Å². The average molecular weight is 308 g/mol. The lowest BCUT2D eigenvalue weighted by molar-refractivity contribution is 0.201. The summed E-state index contributed by atoms with van der Waals surface area (Å²) >= 11 is 0. The fraction of sp³-hybridized carbons (Fsp3) is 0.688. The molecule has 1 heterocycles. The van der Waals surface area contributed by atoms with E-state index in [1.54, 1.807) is 17.3 Å². The summed E-state index contributed by atoms with van der Waals surface area (Å²) in [4.78, 5) is 22.6. The van der Waals surface area contributed by atoms with Gasteiger partial charge in [0, 0.05) is 25.1 Å². The van der Waals surface area contributed by atoms with E-state index in [4.69, 9.17) is 5.11 Å². The predicted octanol–water partition coefficient (Wildman–Crippen LogP) is 2.79. The number of hydrogen-bond donors (Lipinski definition) is 2. The van der Waals surface area contributed by atoms with Gasteiger partial charge in [0.25, 0.3) is 0 Å². The van der Waals surface area contributed by atoms with Crippen LogP contribution in [-0.4, -0.2) is 45.7 Å². The Morgan fingerprint density at radius 3 is 2.32 bits per heavy atom. The molecule has 1 aromatic heterocycles. The molecule has 0 radical (unpaired) electrons. The number of nitrogens with one attached hydrogen (secondary N) is 1. The third-order valence-electron chi connectivity index (χ3n) is 3.23. The van der Waals surface area contributed by atoms with E-state index in [9.17, 15) is 4.79 Å². The number of aliphatic hydroxyl groups is 1. The van der Waals surface area contributed by atoms with Crippen LogP contribution in [0.2, 0.25) is 0 Å². The van der Waals surface area contributed by atoms with Crippen molar-refractivity contribution >= 4 is 11.7 Å². The molecule has 0 saturated heterocycles. The van der Waals surface area contributed by atoms with Crippen LogP contribution in [0.5, 0.6) is 0 Å². The Labute approximate surface area is 133 Å². The maximum absolute atomic E-state index is 12.3. The summed E-state index contributed by atoms with van der Waals surface area (Å²) < 4.78 is 0. The van der Waals surface area contributed by atoms with Crippen LogP contribution in [0.15, 0.2) is 12.4 Å². The molecule has 2 N–H and O–H groups in total. The Balaban J connectivity index is 2.67. The third-order valence-corrected chi connectivity index (χ3v) is 3.23. The maximum atomic E-state index is 12.3. The van der Waals surface area contributed by atoms with Gasteiger partial charge in [-0.2, -0.15) is 0 Å². The smallest absolute Gasteiger partial charge is 0.321 e. The van der Waals surface area contributed by atoms with Gasteiger partial charge in [0.05, 0.1) is 18.1 Å². The zero-order valence-electron chi connectivity index (χ0n) is 14.1. The van der Waals surface area contributed by atoms with Gasteiger partial charge in [-0.3, -0.25) is 0 Å². The molecule has 0 aliphatic carbocycles. The molecule has 0 atom stereocenters. The van der Waals surface area contributed by atoms with Crippen molar-refractivity contribution in [2.45, 2.75) is 52.4 Å². The molecule has 0 saturated carbocycles. The number of aromatic nitrogens is 2. The van der Waals surface area contributed by atoms with Crippen LogP contribution in [0.3, 0.4) is 0 Å². The Bertz CT molecular complexity index is 446. The molecule has 124 valence electrons. The van der Waals surface area contributed by atoms with Crippen molar-refractivity contribution < 1.29 is 9.90 Å². The standard InChI is InChI=1S/C16H28N4O2/c1-5-6-8-20(9-7-10-21)15(22)19-13-11-17-14(18-12-13)16(2,3)4/h11-12,21H,5-10H2,1-4H3,(H,19,22). The molecular formula is C16H28N4O2. The van der Waals surface area contributed by atoms with E-state index in [0.717, 1.165) is 18.7 Å². The van der Waals surface area contributed by atoms with E-state index in [-0.39, 0.29) is 18.1 Å². The second-order valence-corrected chi connectivity index (χ2v) is 6.39. The second-order valence-electron chi connectivity index (χ2n) is 6.39. The van der Waals surface area contributed by atoms with Crippen molar-refractivity contribution in [1.82, 2.24) is 14.9 Å². The van der Waals surface area contributed by atoms with Crippen molar-refractivity contribution in [2.24, 2.45) is 0 Å². The number of anilines is 1. The zero-order valence-corrected chi connectivity index (χ0v) is 14.1. The van der Waals surface area contributed by atoms with E-state index < -0.39 is 0 Å². The monoisotopic (exact) mass is 308 g/mol. The van der Waals surface area contributed by atoms with Crippen LogP contribution < -0.4 is 5.32 Å². The Kier molecular flexibility index (Phi) is 7.24. The van der Waals surface area contributed by atoms with Gasteiger partial charge in [0.2, 0.25) is 0 Å². The van der Waals surface area contributed by atoms with Gasteiger partial charge in [0.1, 0.15) is 5.82 Å². The van der Waals surface area contributed by atoms with Gasteiger partial charge in [-0.15, -0.1) is 0 Å². The Morgan fingerprint density at radius 2 is 1.82 bits per heavy atom. The number of amides is 2. The third kappa shape index (κ3) is 5.97. The van der Waals surface area contributed by atoms with Gasteiger partial charge < -0.3 is 15.3 Å². The van der Waals surface area contributed by atoms with Gasteiger partial charge >= 0.3 is 6.03 Å². The molecule has 0 unspecified atom stereocenters. The van der Waals surface area contributed by atoms with E-state index in [1.807, 2.05) is 20.8 Å². The fourth-order valence-corrected chi connectivity index (χ4v) is 1.91. The highest BCUT2D eigenvalue weighted by atomic mass is 16.3. The number of rotatable bonds is 7. The molecule has 0 spiro atoms. The lowest BCUT2D eigenvalue weighted by atomic mass is 9.96. The van der Waals surface area contributed by atoms with Gasteiger partial charge in [-0.05, 0) is 12.8 Å². The molecule has 0 fully saturated rings. The number of carbonyl (C=O) groups is 1. The number of urea groups is 1. The van der Waals surface area contributed by atoms with E-state index in [2.05, 4.69) is 22.2 Å². The molecule has 22 heavy (non-hydrogen) atoms. The molecule has 6 heteroatoms. The summed E-state index contributed by atoms with van der Waals surface area (Å²) in [5.41, 5.74) is 0.472. The molecular weight excluding hydrogens is 280 g/mol. The lowest BCUT2D eigenvalue weighted by Gasteiger charge is -2.23. The first-order chi connectivity index (χ1) is 10.4. The van der Waals surface area contributed by atoms with Gasteiger partial charge in [0.15, 0.2) is 0 Å².